The molecule has 7 heteroatoms. The van der Waals surface area contributed by atoms with Crippen molar-refractivity contribution >= 4 is 12.1 Å². The molecule has 0 radical (unpaired) electrons. The first-order valence-corrected chi connectivity index (χ1v) is 8.73. The lowest BCUT2D eigenvalue weighted by Crippen LogP contribution is -2.53. The average Bonchev–Trinajstić information content (AvgIpc) is 2.59. The highest BCUT2D eigenvalue weighted by atomic mass is 16.7. The summed E-state index contributed by atoms with van der Waals surface area (Å²) in [5.74, 6) is -0.424. The SMILES string of the molecule is COC(=O)c1ccc2c(c1)COC1(CCN(C(=O)OC(C)(C)C)CC1)O2. The maximum Gasteiger partial charge on any atom is 0.410 e. The number of hydrogen-bond donors (Lipinski definition) is 0. The molecule has 1 saturated heterocycles. The molecule has 0 atom stereocenters. The first-order chi connectivity index (χ1) is 12.2. The van der Waals surface area contributed by atoms with Crippen molar-refractivity contribution in [3.05, 3.63) is 29.3 Å². The summed E-state index contributed by atoms with van der Waals surface area (Å²) in [5, 5.41) is 0. The molecule has 26 heavy (non-hydrogen) atoms. The van der Waals surface area contributed by atoms with Crippen molar-refractivity contribution in [3.63, 3.8) is 0 Å². The van der Waals surface area contributed by atoms with Gasteiger partial charge in [-0.3, -0.25) is 0 Å². The molecule has 1 aromatic rings. The summed E-state index contributed by atoms with van der Waals surface area (Å²) in [5.41, 5.74) is 0.766. The van der Waals surface area contributed by atoms with Crippen LogP contribution in [0.3, 0.4) is 0 Å². The van der Waals surface area contributed by atoms with Crippen LogP contribution in [0.5, 0.6) is 5.75 Å². The first kappa shape index (κ1) is 18.5. The first-order valence-electron chi connectivity index (χ1n) is 8.73. The van der Waals surface area contributed by atoms with Gasteiger partial charge in [0.1, 0.15) is 11.4 Å². The van der Waals surface area contributed by atoms with Gasteiger partial charge < -0.3 is 23.8 Å². The molecule has 0 aromatic heterocycles. The van der Waals surface area contributed by atoms with Crippen LogP contribution in [-0.4, -0.2) is 48.5 Å². The number of fused-ring (bicyclic) bond motifs is 1. The van der Waals surface area contributed by atoms with Crippen LogP contribution in [0.1, 0.15) is 49.5 Å². The second-order valence-electron chi connectivity index (χ2n) is 7.58. The van der Waals surface area contributed by atoms with Gasteiger partial charge in [-0.05, 0) is 39.0 Å². The van der Waals surface area contributed by atoms with Crippen LogP contribution in [-0.2, 0) is 20.8 Å². The fourth-order valence-corrected chi connectivity index (χ4v) is 3.08. The highest BCUT2D eigenvalue weighted by Crippen LogP contribution is 2.38. The Balaban J connectivity index is 1.64. The molecule has 1 fully saturated rings. The van der Waals surface area contributed by atoms with E-state index < -0.39 is 17.4 Å². The lowest BCUT2D eigenvalue weighted by atomic mass is 10.0. The number of nitrogens with zero attached hydrogens (tertiary/aromatic N) is 1. The van der Waals surface area contributed by atoms with Crippen molar-refractivity contribution in [1.82, 2.24) is 4.90 Å². The van der Waals surface area contributed by atoms with Crippen LogP contribution in [0.25, 0.3) is 0 Å². The van der Waals surface area contributed by atoms with Crippen molar-refractivity contribution in [2.75, 3.05) is 20.2 Å². The minimum atomic E-state index is -0.738. The predicted octanol–water partition coefficient (Wildman–Crippen LogP) is 3.11. The van der Waals surface area contributed by atoms with Crippen LogP contribution < -0.4 is 4.74 Å². The van der Waals surface area contributed by atoms with E-state index in [0.29, 0.717) is 43.9 Å². The number of carbonyl (C=O) groups excluding carboxylic acids is 2. The summed E-state index contributed by atoms with van der Waals surface area (Å²) in [7, 11) is 1.35. The summed E-state index contributed by atoms with van der Waals surface area (Å²) in [4.78, 5) is 25.5. The van der Waals surface area contributed by atoms with Crippen molar-refractivity contribution in [3.8, 4) is 5.75 Å². The molecule has 2 aliphatic rings. The monoisotopic (exact) mass is 363 g/mol. The van der Waals surface area contributed by atoms with E-state index in [4.69, 9.17) is 18.9 Å². The average molecular weight is 363 g/mol. The van der Waals surface area contributed by atoms with E-state index >= 15 is 0 Å². The van der Waals surface area contributed by atoms with Gasteiger partial charge >= 0.3 is 12.1 Å². The molecule has 1 spiro atoms. The smallest absolute Gasteiger partial charge is 0.410 e. The normalized spacial score (nSPS) is 18.7. The molecule has 2 aliphatic heterocycles. The number of amides is 1. The van der Waals surface area contributed by atoms with Crippen molar-refractivity contribution in [2.24, 2.45) is 0 Å². The molecule has 3 rings (SSSR count). The second-order valence-corrected chi connectivity index (χ2v) is 7.58. The van der Waals surface area contributed by atoms with Crippen molar-refractivity contribution < 1.29 is 28.5 Å². The van der Waals surface area contributed by atoms with Crippen LogP contribution >= 0.6 is 0 Å². The zero-order valence-corrected chi connectivity index (χ0v) is 15.7. The molecule has 1 amide bonds. The number of carbonyl (C=O) groups is 2. The molecule has 142 valence electrons. The van der Waals surface area contributed by atoms with E-state index in [9.17, 15) is 9.59 Å². The van der Waals surface area contributed by atoms with E-state index in [2.05, 4.69) is 0 Å². The Hall–Kier alpha value is -2.28. The number of ether oxygens (including phenoxy) is 4. The number of piperidine rings is 1. The van der Waals surface area contributed by atoms with Gasteiger partial charge in [-0.1, -0.05) is 0 Å². The van der Waals surface area contributed by atoms with Crippen molar-refractivity contribution in [1.29, 1.82) is 0 Å². The third-order valence-electron chi connectivity index (χ3n) is 4.45. The Labute approximate surface area is 153 Å². The molecule has 0 bridgehead atoms. The van der Waals surface area contributed by atoms with Crippen molar-refractivity contribution in [2.45, 2.75) is 51.6 Å². The number of esters is 1. The standard InChI is InChI=1S/C19H25NO6/c1-18(2,3)26-17(22)20-9-7-19(8-10-20)24-12-14-11-13(16(21)23-4)5-6-15(14)25-19/h5-6,11H,7-10,12H2,1-4H3. The molecule has 0 unspecified atom stereocenters. The Bertz CT molecular complexity index is 700. The zero-order chi connectivity index (χ0) is 18.9. The van der Waals surface area contributed by atoms with Gasteiger partial charge in [0.15, 0.2) is 0 Å². The number of benzene rings is 1. The number of methoxy groups -OCH3 is 1. The highest BCUT2D eigenvalue weighted by molar-refractivity contribution is 5.89. The van der Waals surface area contributed by atoms with E-state index in [0.717, 1.165) is 5.56 Å². The molecular weight excluding hydrogens is 338 g/mol. The van der Waals surface area contributed by atoms with E-state index in [1.807, 2.05) is 20.8 Å². The largest absolute Gasteiger partial charge is 0.465 e. The Morgan fingerprint density at radius 2 is 1.88 bits per heavy atom. The summed E-state index contributed by atoms with van der Waals surface area (Å²) in [6, 6.07) is 5.18. The number of hydrogen-bond acceptors (Lipinski definition) is 6. The third-order valence-corrected chi connectivity index (χ3v) is 4.45. The van der Waals surface area contributed by atoms with Gasteiger partial charge in [-0.2, -0.15) is 0 Å². The van der Waals surface area contributed by atoms with Gasteiger partial charge in [0.25, 0.3) is 0 Å². The lowest BCUT2D eigenvalue weighted by molar-refractivity contribution is -0.226. The van der Waals surface area contributed by atoms with Crippen LogP contribution in [0.4, 0.5) is 4.79 Å². The van der Waals surface area contributed by atoms with E-state index in [1.54, 1.807) is 23.1 Å². The Kier molecular flexibility index (Phi) is 4.84. The van der Waals surface area contributed by atoms with E-state index in [-0.39, 0.29) is 6.09 Å². The zero-order valence-electron chi connectivity index (χ0n) is 15.7. The van der Waals surface area contributed by atoms with Crippen LogP contribution in [0.15, 0.2) is 18.2 Å². The van der Waals surface area contributed by atoms with Gasteiger partial charge in [-0.25, -0.2) is 9.59 Å². The molecule has 2 heterocycles. The molecule has 1 aromatic carbocycles. The molecule has 0 N–H and O–H groups in total. The fourth-order valence-electron chi connectivity index (χ4n) is 3.08. The van der Waals surface area contributed by atoms with Gasteiger partial charge in [-0.15, -0.1) is 0 Å². The summed E-state index contributed by atoms with van der Waals surface area (Å²) in [6.45, 7) is 6.91. The predicted molar refractivity (Wildman–Crippen MR) is 93.0 cm³/mol. The summed E-state index contributed by atoms with van der Waals surface area (Å²) < 4.78 is 22.2. The van der Waals surface area contributed by atoms with Crippen LogP contribution in [0, 0.1) is 0 Å². The minimum absolute atomic E-state index is 0.314. The third kappa shape index (κ3) is 3.93. The van der Waals surface area contributed by atoms with Gasteiger partial charge in [0.2, 0.25) is 5.79 Å². The van der Waals surface area contributed by atoms with Gasteiger partial charge in [0, 0.05) is 31.5 Å². The Morgan fingerprint density at radius 1 is 1.19 bits per heavy atom. The summed E-state index contributed by atoms with van der Waals surface area (Å²) >= 11 is 0. The molecule has 0 aliphatic carbocycles. The summed E-state index contributed by atoms with van der Waals surface area (Å²) in [6.07, 6.45) is 0.806. The second kappa shape index (κ2) is 6.79. The molecule has 0 saturated carbocycles. The fraction of sp³-hybridized carbons (Fsp3) is 0.579. The molecule has 7 nitrogen and oxygen atoms in total. The maximum atomic E-state index is 12.2. The van der Waals surface area contributed by atoms with E-state index in [1.165, 1.54) is 7.11 Å². The van der Waals surface area contributed by atoms with Crippen LogP contribution in [0.2, 0.25) is 0 Å². The van der Waals surface area contributed by atoms with Gasteiger partial charge in [0.05, 0.1) is 19.3 Å². The number of likely N-dealkylation sites (tertiary alicyclic amines) is 1. The lowest BCUT2D eigenvalue weighted by Gasteiger charge is -2.44. The topological polar surface area (TPSA) is 74.3 Å². The maximum absolute atomic E-state index is 12.2. The Morgan fingerprint density at radius 3 is 2.50 bits per heavy atom. The minimum Gasteiger partial charge on any atom is -0.465 e. The number of rotatable bonds is 1. The highest BCUT2D eigenvalue weighted by Gasteiger charge is 2.42. The quantitative estimate of drug-likeness (QED) is 0.714. The molecular formula is C19H25NO6.